The third-order valence-corrected chi connectivity index (χ3v) is 4.75. The zero-order chi connectivity index (χ0) is 18.9. The van der Waals surface area contributed by atoms with Gasteiger partial charge in [0.1, 0.15) is 6.54 Å². The maximum atomic E-state index is 12.2. The predicted molar refractivity (Wildman–Crippen MR) is 102 cm³/mol. The first kappa shape index (κ1) is 20.4. The Hall–Kier alpha value is -1.93. The largest absolute Gasteiger partial charge is 0.353 e. The van der Waals surface area contributed by atoms with Gasteiger partial charge in [0.15, 0.2) is 0 Å². The highest BCUT2D eigenvalue weighted by Crippen LogP contribution is 2.22. The summed E-state index contributed by atoms with van der Waals surface area (Å²) in [6.45, 7) is 5.75. The minimum atomic E-state index is -0.0914. The van der Waals surface area contributed by atoms with Crippen LogP contribution < -0.4 is 16.0 Å². The molecule has 0 spiro atoms. The molecular formula is C18H32N6O2. The molecule has 146 valence electrons. The van der Waals surface area contributed by atoms with Gasteiger partial charge in [-0.3, -0.25) is 14.3 Å². The lowest BCUT2D eigenvalue weighted by Gasteiger charge is -2.27. The number of likely N-dealkylation sites (N-methyl/N-ethyl adjacent to an activating group) is 1. The van der Waals surface area contributed by atoms with Crippen molar-refractivity contribution in [2.24, 2.45) is 11.8 Å². The van der Waals surface area contributed by atoms with Crippen molar-refractivity contribution < 1.29 is 9.59 Å². The maximum absolute atomic E-state index is 12.2. The normalized spacial score (nSPS) is 18.5. The summed E-state index contributed by atoms with van der Waals surface area (Å²) >= 11 is 0. The molecule has 8 nitrogen and oxygen atoms in total. The molecule has 3 N–H and O–H groups in total. The van der Waals surface area contributed by atoms with Crippen LogP contribution in [0, 0.1) is 11.8 Å². The minimum Gasteiger partial charge on any atom is -0.353 e. The second kappa shape index (κ2) is 10.3. The fraction of sp³-hybridized carbons (Fsp3) is 0.722. The number of rotatable bonds is 9. The Morgan fingerprint density at radius 1 is 1.42 bits per heavy atom. The first-order valence-electron chi connectivity index (χ1n) is 9.38. The molecule has 1 aromatic rings. The molecule has 1 aliphatic heterocycles. The number of hydrogen-bond acceptors (Lipinski definition) is 5. The van der Waals surface area contributed by atoms with E-state index in [-0.39, 0.29) is 18.4 Å². The van der Waals surface area contributed by atoms with Crippen molar-refractivity contribution in [1.82, 2.24) is 25.3 Å². The maximum Gasteiger partial charge on any atom is 0.241 e. The van der Waals surface area contributed by atoms with E-state index >= 15 is 0 Å². The predicted octanol–water partition coefficient (Wildman–Crippen LogP) is 0.525. The number of anilines is 1. The van der Waals surface area contributed by atoms with Crippen LogP contribution in [0.1, 0.15) is 26.2 Å². The van der Waals surface area contributed by atoms with E-state index in [2.05, 4.69) is 28.0 Å². The van der Waals surface area contributed by atoms with Gasteiger partial charge < -0.3 is 20.9 Å². The zero-order valence-corrected chi connectivity index (χ0v) is 16.1. The molecule has 2 atom stereocenters. The highest BCUT2D eigenvalue weighted by atomic mass is 16.2. The number of amides is 2. The van der Waals surface area contributed by atoms with Crippen molar-refractivity contribution in [2.75, 3.05) is 45.6 Å². The highest BCUT2D eigenvalue weighted by Gasteiger charge is 2.22. The summed E-state index contributed by atoms with van der Waals surface area (Å²) < 4.78 is 1.54. The van der Waals surface area contributed by atoms with Gasteiger partial charge in [-0.15, -0.1) is 0 Å². The van der Waals surface area contributed by atoms with E-state index in [1.165, 1.54) is 17.5 Å². The van der Waals surface area contributed by atoms with Crippen LogP contribution >= 0.6 is 0 Å². The number of nitrogens with zero attached hydrogens (tertiary/aromatic N) is 3. The van der Waals surface area contributed by atoms with Gasteiger partial charge in [-0.25, -0.2) is 0 Å². The Morgan fingerprint density at radius 3 is 2.92 bits per heavy atom. The van der Waals surface area contributed by atoms with E-state index < -0.39 is 0 Å². The lowest BCUT2D eigenvalue weighted by Crippen LogP contribution is -2.34. The smallest absolute Gasteiger partial charge is 0.241 e. The van der Waals surface area contributed by atoms with Gasteiger partial charge >= 0.3 is 0 Å². The SMILES string of the molecule is CC(CC(=O)Nc1cnn(CC(=O)NCCN(C)C)c1)C1CCCNC1. The first-order chi connectivity index (χ1) is 12.4. The summed E-state index contributed by atoms with van der Waals surface area (Å²) in [7, 11) is 3.92. The van der Waals surface area contributed by atoms with Gasteiger partial charge in [0.25, 0.3) is 0 Å². The Kier molecular flexibility index (Phi) is 8.06. The van der Waals surface area contributed by atoms with Crippen LogP contribution in [0.3, 0.4) is 0 Å². The molecule has 2 unspecified atom stereocenters. The summed E-state index contributed by atoms with van der Waals surface area (Å²) in [6, 6.07) is 0. The average Bonchev–Trinajstić information content (AvgIpc) is 3.01. The summed E-state index contributed by atoms with van der Waals surface area (Å²) in [4.78, 5) is 26.1. The molecule has 2 amide bonds. The summed E-state index contributed by atoms with van der Waals surface area (Å²) in [5.41, 5.74) is 0.630. The molecule has 0 saturated carbocycles. The third kappa shape index (κ3) is 7.13. The molecular weight excluding hydrogens is 332 g/mol. The summed E-state index contributed by atoms with van der Waals surface area (Å²) in [5.74, 6) is 0.813. The van der Waals surface area contributed by atoms with Crippen molar-refractivity contribution >= 4 is 17.5 Å². The molecule has 0 radical (unpaired) electrons. The first-order valence-corrected chi connectivity index (χ1v) is 9.38. The number of piperidine rings is 1. The number of carbonyl (C=O) groups excluding carboxylic acids is 2. The Morgan fingerprint density at radius 2 is 2.23 bits per heavy atom. The topological polar surface area (TPSA) is 91.3 Å². The van der Waals surface area contributed by atoms with Crippen LogP contribution in [0.25, 0.3) is 0 Å². The van der Waals surface area contributed by atoms with Gasteiger partial charge in [0.05, 0.1) is 11.9 Å². The van der Waals surface area contributed by atoms with E-state index in [0.717, 1.165) is 19.6 Å². The standard InChI is InChI=1S/C18H32N6O2/c1-14(15-5-4-6-19-10-15)9-17(25)22-16-11-21-24(12-16)13-18(26)20-7-8-23(2)3/h11-12,14-15,19H,4-10,13H2,1-3H3,(H,20,26)(H,22,25). The molecule has 8 heteroatoms. The quantitative estimate of drug-likeness (QED) is 0.594. The Labute approximate surface area is 155 Å². The Balaban J connectivity index is 1.72. The van der Waals surface area contributed by atoms with Crippen molar-refractivity contribution in [2.45, 2.75) is 32.7 Å². The average molecular weight is 364 g/mol. The number of nitrogens with one attached hydrogen (secondary N) is 3. The fourth-order valence-electron chi connectivity index (χ4n) is 3.17. The number of hydrogen-bond donors (Lipinski definition) is 3. The molecule has 1 saturated heterocycles. The second-order valence-corrected chi connectivity index (χ2v) is 7.42. The highest BCUT2D eigenvalue weighted by molar-refractivity contribution is 5.90. The second-order valence-electron chi connectivity index (χ2n) is 7.42. The molecule has 0 aliphatic carbocycles. The molecule has 2 heterocycles. The molecule has 2 rings (SSSR count). The third-order valence-electron chi connectivity index (χ3n) is 4.75. The monoisotopic (exact) mass is 364 g/mol. The van der Waals surface area contributed by atoms with E-state index in [1.54, 1.807) is 12.4 Å². The summed E-state index contributed by atoms with van der Waals surface area (Å²) in [5, 5.41) is 13.3. The van der Waals surface area contributed by atoms with E-state index in [1.807, 2.05) is 19.0 Å². The fourth-order valence-corrected chi connectivity index (χ4v) is 3.17. The van der Waals surface area contributed by atoms with Crippen molar-refractivity contribution in [3.8, 4) is 0 Å². The zero-order valence-electron chi connectivity index (χ0n) is 16.1. The van der Waals surface area contributed by atoms with Crippen LogP contribution in [0.2, 0.25) is 0 Å². The molecule has 1 aromatic heterocycles. The van der Waals surface area contributed by atoms with Crippen molar-refractivity contribution in [3.63, 3.8) is 0 Å². The van der Waals surface area contributed by atoms with Crippen LogP contribution in [0.15, 0.2) is 12.4 Å². The van der Waals surface area contributed by atoms with Gasteiger partial charge in [0.2, 0.25) is 11.8 Å². The Bertz CT molecular complexity index is 580. The van der Waals surface area contributed by atoms with Crippen LogP contribution in [-0.4, -0.2) is 66.8 Å². The number of aromatic nitrogens is 2. The molecule has 1 aliphatic rings. The van der Waals surface area contributed by atoms with Crippen LogP contribution in [0.4, 0.5) is 5.69 Å². The van der Waals surface area contributed by atoms with E-state index in [0.29, 0.717) is 30.5 Å². The van der Waals surface area contributed by atoms with Crippen molar-refractivity contribution in [1.29, 1.82) is 0 Å². The molecule has 0 bridgehead atoms. The van der Waals surface area contributed by atoms with Crippen LogP contribution in [-0.2, 0) is 16.1 Å². The van der Waals surface area contributed by atoms with Gasteiger partial charge in [0, 0.05) is 25.7 Å². The van der Waals surface area contributed by atoms with Gasteiger partial charge in [-0.1, -0.05) is 6.92 Å². The molecule has 1 fully saturated rings. The van der Waals surface area contributed by atoms with Gasteiger partial charge in [-0.05, 0) is 51.9 Å². The number of carbonyl (C=O) groups is 2. The molecule has 0 aromatic carbocycles. The van der Waals surface area contributed by atoms with E-state index in [9.17, 15) is 9.59 Å². The lowest BCUT2D eigenvalue weighted by molar-refractivity contribution is -0.122. The van der Waals surface area contributed by atoms with Crippen LogP contribution in [0.5, 0.6) is 0 Å². The minimum absolute atomic E-state index is 0.00180. The molecule has 26 heavy (non-hydrogen) atoms. The summed E-state index contributed by atoms with van der Waals surface area (Å²) in [6.07, 6.45) is 6.14. The lowest BCUT2D eigenvalue weighted by atomic mass is 9.85. The van der Waals surface area contributed by atoms with Gasteiger partial charge in [-0.2, -0.15) is 5.10 Å². The van der Waals surface area contributed by atoms with E-state index in [4.69, 9.17) is 0 Å². The van der Waals surface area contributed by atoms with Crippen molar-refractivity contribution in [3.05, 3.63) is 12.4 Å².